The van der Waals surface area contributed by atoms with Crippen LogP contribution in [0, 0.1) is 5.82 Å². The van der Waals surface area contributed by atoms with Gasteiger partial charge in [0.1, 0.15) is 11.6 Å². The molecular weight excluding hydrogens is 349 g/mol. The highest BCUT2D eigenvalue weighted by molar-refractivity contribution is 5.54. The van der Waals surface area contributed by atoms with Crippen molar-refractivity contribution in [3.63, 3.8) is 0 Å². The van der Waals surface area contributed by atoms with E-state index >= 15 is 0 Å². The Kier molecular flexibility index (Phi) is 4.40. The molecule has 3 N–H and O–H groups in total. The number of hydrogen-bond donors (Lipinski definition) is 2. The van der Waals surface area contributed by atoms with E-state index in [1.54, 1.807) is 12.1 Å². The molecule has 0 amide bonds. The third kappa shape index (κ3) is 4.03. The highest BCUT2D eigenvalue weighted by Gasteiger charge is 2.13. The minimum absolute atomic E-state index is 0.0762. The SMILES string of the molecule is Nc1nc(Cc2noc(-c3cccc(F)c3)n2)nc(Nc2ccccc2)n1. The summed E-state index contributed by atoms with van der Waals surface area (Å²) in [5, 5.41) is 6.95. The summed E-state index contributed by atoms with van der Waals surface area (Å²) in [6, 6.07) is 15.4. The van der Waals surface area contributed by atoms with Gasteiger partial charge >= 0.3 is 0 Å². The van der Waals surface area contributed by atoms with Crippen molar-refractivity contribution >= 4 is 17.6 Å². The molecule has 0 spiro atoms. The molecule has 0 aliphatic carbocycles. The Labute approximate surface area is 153 Å². The monoisotopic (exact) mass is 363 g/mol. The van der Waals surface area contributed by atoms with Gasteiger partial charge in [-0.15, -0.1) is 0 Å². The first-order valence-corrected chi connectivity index (χ1v) is 8.07. The van der Waals surface area contributed by atoms with Crippen LogP contribution in [0.2, 0.25) is 0 Å². The number of nitrogen functional groups attached to an aromatic ring is 1. The summed E-state index contributed by atoms with van der Waals surface area (Å²) in [5.41, 5.74) is 7.09. The number of halogens is 1. The van der Waals surface area contributed by atoms with Gasteiger partial charge in [0.05, 0.1) is 6.42 Å². The summed E-state index contributed by atoms with van der Waals surface area (Å²) < 4.78 is 18.5. The van der Waals surface area contributed by atoms with Crippen molar-refractivity contribution in [2.45, 2.75) is 6.42 Å². The van der Waals surface area contributed by atoms with E-state index in [2.05, 4.69) is 30.4 Å². The van der Waals surface area contributed by atoms with Crippen LogP contribution in [0.15, 0.2) is 59.1 Å². The van der Waals surface area contributed by atoms with Crippen LogP contribution in [0.25, 0.3) is 11.5 Å². The molecule has 0 aliphatic heterocycles. The Morgan fingerprint density at radius 1 is 0.926 bits per heavy atom. The Morgan fingerprint density at radius 3 is 2.59 bits per heavy atom. The lowest BCUT2D eigenvalue weighted by Gasteiger charge is -2.06. The number of aromatic nitrogens is 5. The van der Waals surface area contributed by atoms with Gasteiger partial charge in [-0.1, -0.05) is 29.4 Å². The van der Waals surface area contributed by atoms with Crippen molar-refractivity contribution in [2.75, 3.05) is 11.1 Å². The normalized spacial score (nSPS) is 10.7. The topological polar surface area (TPSA) is 116 Å². The van der Waals surface area contributed by atoms with Crippen LogP contribution in [0.1, 0.15) is 11.6 Å². The van der Waals surface area contributed by atoms with Crippen LogP contribution in [-0.4, -0.2) is 25.1 Å². The second-order valence-corrected chi connectivity index (χ2v) is 5.63. The van der Waals surface area contributed by atoms with Crippen molar-refractivity contribution < 1.29 is 8.91 Å². The molecule has 0 bridgehead atoms. The fourth-order valence-electron chi connectivity index (χ4n) is 2.43. The van der Waals surface area contributed by atoms with E-state index in [0.29, 0.717) is 23.2 Å². The van der Waals surface area contributed by atoms with E-state index < -0.39 is 0 Å². The van der Waals surface area contributed by atoms with Gasteiger partial charge in [0.25, 0.3) is 5.89 Å². The fourth-order valence-corrected chi connectivity index (χ4v) is 2.43. The Hall–Kier alpha value is -3.88. The first-order valence-electron chi connectivity index (χ1n) is 8.07. The molecule has 9 heteroatoms. The maximum Gasteiger partial charge on any atom is 0.258 e. The van der Waals surface area contributed by atoms with Gasteiger partial charge in [0.2, 0.25) is 11.9 Å². The van der Waals surface area contributed by atoms with Crippen LogP contribution < -0.4 is 11.1 Å². The predicted molar refractivity (Wildman–Crippen MR) is 96.5 cm³/mol. The molecule has 2 aromatic carbocycles. The zero-order valence-electron chi connectivity index (χ0n) is 14.0. The molecule has 27 heavy (non-hydrogen) atoms. The van der Waals surface area contributed by atoms with E-state index in [1.807, 2.05) is 30.3 Å². The standard InChI is InChI=1S/C18H14FN7O/c19-12-6-4-5-11(9-12)16-22-15(26-27-16)10-14-23-17(20)25-18(24-14)21-13-7-2-1-3-8-13/h1-9H,10H2,(H3,20,21,23,24,25). The molecule has 0 atom stereocenters. The van der Waals surface area contributed by atoms with Crippen molar-refractivity contribution in [1.82, 2.24) is 25.1 Å². The lowest BCUT2D eigenvalue weighted by Crippen LogP contribution is -2.08. The number of hydrogen-bond acceptors (Lipinski definition) is 8. The molecule has 0 saturated heterocycles. The van der Waals surface area contributed by atoms with Crippen LogP contribution in [0.3, 0.4) is 0 Å². The quantitative estimate of drug-likeness (QED) is 0.556. The predicted octanol–water partition coefficient (Wildman–Crippen LogP) is 2.98. The minimum Gasteiger partial charge on any atom is -0.368 e. The van der Waals surface area contributed by atoms with Gasteiger partial charge in [0, 0.05) is 11.3 Å². The number of nitrogens with one attached hydrogen (secondary N) is 1. The largest absolute Gasteiger partial charge is 0.368 e. The number of para-hydroxylation sites is 1. The van der Waals surface area contributed by atoms with Gasteiger partial charge in [0.15, 0.2) is 5.82 Å². The molecule has 0 radical (unpaired) electrons. The molecule has 2 heterocycles. The van der Waals surface area contributed by atoms with Crippen LogP contribution >= 0.6 is 0 Å². The van der Waals surface area contributed by atoms with E-state index in [-0.39, 0.29) is 24.1 Å². The third-order valence-electron chi connectivity index (χ3n) is 3.58. The van der Waals surface area contributed by atoms with Crippen LogP contribution in [0.4, 0.5) is 22.0 Å². The lowest BCUT2D eigenvalue weighted by atomic mass is 10.2. The molecule has 4 aromatic rings. The van der Waals surface area contributed by atoms with Crippen molar-refractivity contribution in [1.29, 1.82) is 0 Å². The van der Waals surface area contributed by atoms with E-state index in [9.17, 15) is 4.39 Å². The Morgan fingerprint density at radius 2 is 1.78 bits per heavy atom. The number of nitrogens with two attached hydrogens (primary N) is 1. The highest BCUT2D eigenvalue weighted by atomic mass is 19.1. The first kappa shape index (κ1) is 16.6. The zero-order chi connectivity index (χ0) is 18.6. The van der Waals surface area contributed by atoms with Gasteiger partial charge in [-0.05, 0) is 30.3 Å². The average Bonchev–Trinajstić information content (AvgIpc) is 3.10. The Balaban J connectivity index is 1.54. The molecule has 8 nitrogen and oxygen atoms in total. The number of nitrogens with zero attached hydrogens (tertiary/aromatic N) is 5. The summed E-state index contributed by atoms with van der Waals surface area (Å²) in [5.74, 6) is 0.964. The molecule has 0 aliphatic rings. The van der Waals surface area contributed by atoms with Gasteiger partial charge in [-0.2, -0.15) is 19.9 Å². The zero-order valence-corrected chi connectivity index (χ0v) is 14.0. The molecule has 0 fully saturated rings. The lowest BCUT2D eigenvalue weighted by molar-refractivity contribution is 0.423. The fraction of sp³-hybridized carbons (Fsp3) is 0.0556. The van der Waals surface area contributed by atoms with Gasteiger partial charge in [-0.3, -0.25) is 0 Å². The minimum atomic E-state index is -0.380. The summed E-state index contributed by atoms with van der Waals surface area (Å²) in [6.45, 7) is 0. The van der Waals surface area contributed by atoms with Crippen LogP contribution in [-0.2, 0) is 6.42 Å². The third-order valence-corrected chi connectivity index (χ3v) is 3.58. The molecule has 0 saturated carbocycles. The van der Waals surface area contributed by atoms with E-state index in [4.69, 9.17) is 10.3 Å². The summed E-state index contributed by atoms with van der Waals surface area (Å²) in [7, 11) is 0. The van der Waals surface area contributed by atoms with Gasteiger partial charge in [-0.25, -0.2) is 4.39 Å². The second-order valence-electron chi connectivity index (χ2n) is 5.63. The smallest absolute Gasteiger partial charge is 0.258 e. The number of rotatable bonds is 5. The second kappa shape index (κ2) is 7.16. The Bertz CT molecular complexity index is 1070. The highest BCUT2D eigenvalue weighted by Crippen LogP contribution is 2.19. The summed E-state index contributed by atoms with van der Waals surface area (Å²) >= 11 is 0. The molecular formula is C18H14FN7O. The molecule has 2 aromatic heterocycles. The van der Waals surface area contributed by atoms with Crippen molar-refractivity contribution in [2.24, 2.45) is 0 Å². The van der Waals surface area contributed by atoms with Crippen molar-refractivity contribution in [3.05, 3.63) is 72.1 Å². The maximum atomic E-state index is 13.3. The van der Waals surface area contributed by atoms with Gasteiger partial charge < -0.3 is 15.6 Å². The number of benzene rings is 2. The van der Waals surface area contributed by atoms with Crippen molar-refractivity contribution in [3.8, 4) is 11.5 Å². The maximum absolute atomic E-state index is 13.3. The van der Waals surface area contributed by atoms with E-state index in [0.717, 1.165) is 5.69 Å². The average molecular weight is 363 g/mol. The molecule has 134 valence electrons. The summed E-state index contributed by atoms with van der Waals surface area (Å²) in [4.78, 5) is 16.8. The number of anilines is 3. The molecule has 0 unspecified atom stereocenters. The molecule has 4 rings (SSSR count). The van der Waals surface area contributed by atoms with E-state index in [1.165, 1.54) is 12.1 Å². The van der Waals surface area contributed by atoms with Crippen LogP contribution in [0.5, 0.6) is 0 Å². The summed E-state index contributed by atoms with van der Waals surface area (Å²) in [6.07, 6.45) is 0.189. The first-order chi connectivity index (χ1) is 13.2.